The highest BCUT2D eigenvalue weighted by Crippen LogP contribution is 2.23. The Labute approximate surface area is 166 Å². The van der Waals surface area contributed by atoms with Gasteiger partial charge in [0.1, 0.15) is 18.8 Å². The number of carbonyl (C=O) groups excluding carboxylic acids is 3. The lowest BCUT2D eigenvalue weighted by Crippen LogP contribution is -2.53. The van der Waals surface area contributed by atoms with Crippen LogP contribution in [-0.2, 0) is 30.4 Å². The Balaban J connectivity index is 2.84. The Bertz CT molecular complexity index is 663. The van der Waals surface area contributed by atoms with Crippen molar-refractivity contribution in [1.29, 1.82) is 0 Å². The van der Waals surface area contributed by atoms with Crippen molar-refractivity contribution in [2.24, 2.45) is 0 Å². The number of carbonyl (C=O) groups is 3. The van der Waals surface area contributed by atoms with E-state index in [4.69, 9.17) is 14.2 Å². The summed E-state index contributed by atoms with van der Waals surface area (Å²) in [6, 6.07) is 9.30. The highest BCUT2D eigenvalue weighted by Gasteiger charge is 2.38. The molecule has 0 aliphatic rings. The average Bonchev–Trinajstić information content (AvgIpc) is 2.57. The summed E-state index contributed by atoms with van der Waals surface area (Å²) in [6.07, 6.45) is -0.792. The molecule has 0 bridgehead atoms. The lowest BCUT2D eigenvalue weighted by atomic mass is 9.98. The number of amides is 1. The Hall–Kier alpha value is -2.57. The van der Waals surface area contributed by atoms with Crippen LogP contribution in [0.1, 0.15) is 53.5 Å². The lowest BCUT2D eigenvalue weighted by Gasteiger charge is -2.38. The molecule has 156 valence electrons. The van der Waals surface area contributed by atoms with E-state index in [9.17, 15) is 14.4 Å². The van der Waals surface area contributed by atoms with Crippen LogP contribution in [0.5, 0.6) is 0 Å². The fourth-order valence-corrected chi connectivity index (χ4v) is 2.42. The first-order chi connectivity index (χ1) is 12.9. The monoisotopic (exact) mass is 393 g/mol. The molecule has 0 saturated heterocycles. The van der Waals surface area contributed by atoms with Gasteiger partial charge in [-0.3, -0.25) is 14.5 Å². The molecule has 28 heavy (non-hydrogen) atoms. The quantitative estimate of drug-likeness (QED) is 0.495. The number of rotatable bonds is 8. The normalized spacial score (nSPS) is 11.5. The van der Waals surface area contributed by atoms with E-state index in [0.29, 0.717) is 0 Å². The number of hydrogen-bond acceptors (Lipinski definition) is 6. The molecular weight excluding hydrogens is 362 g/mol. The topological polar surface area (TPSA) is 82.1 Å². The van der Waals surface area contributed by atoms with Gasteiger partial charge in [-0.1, -0.05) is 30.3 Å². The predicted molar refractivity (Wildman–Crippen MR) is 105 cm³/mol. The van der Waals surface area contributed by atoms with Gasteiger partial charge < -0.3 is 14.2 Å². The van der Waals surface area contributed by atoms with Crippen molar-refractivity contribution in [1.82, 2.24) is 4.90 Å². The maximum Gasteiger partial charge on any atom is 0.411 e. The van der Waals surface area contributed by atoms with Crippen LogP contribution in [0.2, 0.25) is 0 Å². The van der Waals surface area contributed by atoms with E-state index in [-0.39, 0.29) is 26.2 Å². The molecule has 0 radical (unpaired) electrons. The second kappa shape index (κ2) is 10.1. The zero-order chi connectivity index (χ0) is 21.4. The van der Waals surface area contributed by atoms with Gasteiger partial charge in [0, 0.05) is 0 Å². The molecule has 7 nitrogen and oxygen atoms in total. The molecule has 0 unspecified atom stereocenters. The van der Waals surface area contributed by atoms with Crippen LogP contribution in [0.15, 0.2) is 30.3 Å². The van der Waals surface area contributed by atoms with Gasteiger partial charge in [-0.15, -0.1) is 0 Å². The van der Waals surface area contributed by atoms with Crippen LogP contribution in [-0.4, -0.2) is 47.2 Å². The van der Waals surface area contributed by atoms with Gasteiger partial charge in [0.2, 0.25) is 0 Å². The predicted octanol–water partition coefficient (Wildman–Crippen LogP) is 3.70. The maximum absolute atomic E-state index is 12.6. The second-order valence-corrected chi connectivity index (χ2v) is 8.01. The molecule has 7 heteroatoms. The summed E-state index contributed by atoms with van der Waals surface area (Å²) in [5.41, 5.74) is -0.888. The number of ether oxygens (including phenoxy) is 3. The second-order valence-electron chi connectivity index (χ2n) is 8.01. The van der Waals surface area contributed by atoms with E-state index in [2.05, 4.69) is 0 Å². The van der Waals surface area contributed by atoms with E-state index in [1.807, 2.05) is 30.3 Å². The molecule has 0 N–H and O–H groups in total. The standard InChI is InChI=1S/C21H31NO6/c1-7-26-18(24)14-22(19(25)28-20(2,3)4)21(5,6)13-17(23)27-15-16-11-9-8-10-12-16/h8-12H,7,13-15H2,1-6H3. The van der Waals surface area contributed by atoms with Crippen molar-refractivity contribution in [2.75, 3.05) is 13.2 Å². The number of hydrogen-bond donors (Lipinski definition) is 0. The third kappa shape index (κ3) is 8.41. The maximum atomic E-state index is 12.6. The van der Waals surface area contributed by atoms with Crippen molar-refractivity contribution in [3.05, 3.63) is 35.9 Å². The molecule has 0 heterocycles. The fraction of sp³-hybridized carbons (Fsp3) is 0.571. The van der Waals surface area contributed by atoms with Gasteiger partial charge in [0.15, 0.2) is 0 Å². The van der Waals surface area contributed by atoms with E-state index < -0.39 is 29.2 Å². The van der Waals surface area contributed by atoms with Crippen molar-refractivity contribution >= 4 is 18.0 Å². The van der Waals surface area contributed by atoms with Crippen LogP contribution in [0.3, 0.4) is 0 Å². The molecule has 0 saturated carbocycles. The SMILES string of the molecule is CCOC(=O)CN(C(=O)OC(C)(C)C)C(C)(C)CC(=O)OCc1ccccc1. The van der Waals surface area contributed by atoms with Gasteiger partial charge in [-0.2, -0.15) is 0 Å². The highest BCUT2D eigenvalue weighted by molar-refractivity contribution is 5.80. The molecule has 0 fully saturated rings. The number of benzene rings is 1. The average molecular weight is 393 g/mol. The summed E-state index contributed by atoms with van der Waals surface area (Å²) in [5, 5.41) is 0. The largest absolute Gasteiger partial charge is 0.465 e. The Morgan fingerprint density at radius 3 is 2.07 bits per heavy atom. The smallest absolute Gasteiger partial charge is 0.411 e. The van der Waals surface area contributed by atoms with Crippen LogP contribution < -0.4 is 0 Å². The summed E-state index contributed by atoms with van der Waals surface area (Å²) >= 11 is 0. The van der Waals surface area contributed by atoms with E-state index >= 15 is 0 Å². The minimum absolute atomic E-state index is 0.0987. The molecule has 0 spiro atoms. The molecule has 1 aromatic rings. The van der Waals surface area contributed by atoms with Gasteiger partial charge in [0.25, 0.3) is 0 Å². The summed E-state index contributed by atoms with van der Waals surface area (Å²) in [7, 11) is 0. The van der Waals surface area contributed by atoms with Crippen molar-refractivity contribution < 1.29 is 28.6 Å². The summed E-state index contributed by atoms with van der Waals surface area (Å²) in [5.74, 6) is -1.05. The minimum atomic E-state index is -1.01. The Kier molecular flexibility index (Phi) is 8.47. The molecule has 1 aromatic carbocycles. The first-order valence-corrected chi connectivity index (χ1v) is 9.30. The molecule has 1 rings (SSSR count). The van der Waals surface area contributed by atoms with E-state index in [1.54, 1.807) is 41.5 Å². The number of nitrogens with zero attached hydrogens (tertiary/aromatic N) is 1. The molecule has 0 atom stereocenters. The van der Waals surface area contributed by atoms with Gasteiger partial charge in [0.05, 0.1) is 18.6 Å². The molecule has 1 amide bonds. The first-order valence-electron chi connectivity index (χ1n) is 9.30. The Morgan fingerprint density at radius 1 is 0.929 bits per heavy atom. The van der Waals surface area contributed by atoms with E-state index in [1.165, 1.54) is 4.90 Å². The third-order valence-corrected chi connectivity index (χ3v) is 3.76. The van der Waals surface area contributed by atoms with Gasteiger partial charge in [-0.25, -0.2) is 4.79 Å². The van der Waals surface area contributed by atoms with Crippen LogP contribution >= 0.6 is 0 Å². The summed E-state index contributed by atoms with van der Waals surface area (Å²) in [6.45, 7) is 10.3. The van der Waals surface area contributed by atoms with Crippen LogP contribution in [0.25, 0.3) is 0 Å². The van der Waals surface area contributed by atoms with E-state index in [0.717, 1.165) is 5.56 Å². The molecule has 0 aromatic heterocycles. The molecule has 0 aliphatic heterocycles. The fourth-order valence-electron chi connectivity index (χ4n) is 2.42. The van der Waals surface area contributed by atoms with Crippen molar-refractivity contribution in [2.45, 2.75) is 65.7 Å². The van der Waals surface area contributed by atoms with Gasteiger partial charge in [-0.05, 0) is 47.1 Å². The third-order valence-electron chi connectivity index (χ3n) is 3.76. The highest BCUT2D eigenvalue weighted by atomic mass is 16.6. The minimum Gasteiger partial charge on any atom is -0.465 e. The summed E-state index contributed by atoms with van der Waals surface area (Å²) < 4.78 is 15.7. The summed E-state index contributed by atoms with van der Waals surface area (Å²) in [4.78, 5) is 38.2. The van der Waals surface area contributed by atoms with Crippen LogP contribution in [0, 0.1) is 0 Å². The Morgan fingerprint density at radius 2 is 1.54 bits per heavy atom. The van der Waals surface area contributed by atoms with Crippen molar-refractivity contribution in [3.63, 3.8) is 0 Å². The van der Waals surface area contributed by atoms with Crippen LogP contribution in [0.4, 0.5) is 4.79 Å². The zero-order valence-electron chi connectivity index (χ0n) is 17.6. The number of esters is 2. The zero-order valence-corrected chi connectivity index (χ0v) is 17.6. The lowest BCUT2D eigenvalue weighted by molar-refractivity contribution is -0.151. The molecule has 0 aliphatic carbocycles. The van der Waals surface area contributed by atoms with Crippen molar-refractivity contribution in [3.8, 4) is 0 Å². The molecular formula is C21H31NO6. The first kappa shape index (κ1) is 23.5. The van der Waals surface area contributed by atoms with Gasteiger partial charge >= 0.3 is 18.0 Å².